The lowest BCUT2D eigenvalue weighted by Crippen LogP contribution is -2.47. The van der Waals surface area contributed by atoms with Crippen LogP contribution < -0.4 is 15.1 Å². The number of nitrogens with one attached hydrogen (secondary N) is 1. The Morgan fingerprint density at radius 3 is 2.67 bits per heavy atom. The van der Waals surface area contributed by atoms with Crippen LogP contribution in [0.15, 0.2) is 30.5 Å². The molecule has 0 saturated carbocycles. The van der Waals surface area contributed by atoms with E-state index in [1.165, 1.54) is 6.07 Å². The van der Waals surface area contributed by atoms with E-state index >= 15 is 0 Å². The summed E-state index contributed by atoms with van der Waals surface area (Å²) in [5.41, 5.74) is 0.760. The van der Waals surface area contributed by atoms with Gasteiger partial charge in [-0.2, -0.15) is 10.2 Å². The highest BCUT2D eigenvalue weighted by molar-refractivity contribution is 5.60. The van der Waals surface area contributed by atoms with Crippen LogP contribution in [0.25, 0.3) is 0 Å². The van der Waals surface area contributed by atoms with Crippen molar-refractivity contribution >= 4 is 17.5 Å². The van der Waals surface area contributed by atoms with Crippen LogP contribution in [-0.2, 0) is 0 Å². The van der Waals surface area contributed by atoms with Gasteiger partial charge in [-0.3, -0.25) is 0 Å². The van der Waals surface area contributed by atoms with E-state index in [2.05, 4.69) is 20.2 Å². The van der Waals surface area contributed by atoms with E-state index in [1.807, 2.05) is 24.0 Å². The fraction of sp³-hybridized carbons (Fsp3) is 0.353. The first-order valence-corrected chi connectivity index (χ1v) is 7.98. The van der Waals surface area contributed by atoms with Crippen LogP contribution in [0.2, 0.25) is 0 Å². The minimum absolute atomic E-state index is 0.108. The van der Waals surface area contributed by atoms with E-state index in [0.717, 1.165) is 25.5 Å². The SMILES string of the molecule is CCNc1ccnc(N2CCN(c3cccc(F)c3C#N)CC2)n1. The smallest absolute Gasteiger partial charge is 0.227 e. The van der Waals surface area contributed by atoms with Gasteiger partial charge in [-0.1, -0.05) is 6.07 Å². The van der Waals surface area contributed by atoms with Crippen LogP contribution in [0.3, 0.4) is 0 Å². The number of nitriles is 1. The molecule has 24 heavy (non-hydrogen) atoms. The summed E-state index contributed by atoms with van der Waals surface area (Å²) < 4.78 is 13.8. The first kappa shape index (κ1) is 16.0. The first-order chi connectivity index (χ1) is 11.7. The van der Waals surface area contributed by atoms with Crippen molar-refractivity contribution in [1.29, 1.82) is 5.26 Å². The minimum atomic E-state index is -0.473. The van der Waals surface area contributed by atoms with Gasteiger partial charge in [0.2, 0.25) is 5.95 Å². The van der Waals surface area contributed by atoms with Gasteiger partial charge in [0.15, 0.2) is 0 Å². The molecular weight excluding hydrogens is 307 g/mol. The molecule has 1 aromatic heterocycles. The number of anilines is 3. The van der Waals surface area contributed by atoms with E-state index in [1.54, 1.807) is 18.3 Å². The second kappa shape index (κ2) is 7.13. The van der Waals surface area contributed by atoms with Gasteiger partial charge in [0.1, 0.15) is 23.3 Å². The number of aromatic nitrogens is 2. The first-order valence-electron chi connectivity index (χ1n) is 7.98. The zero-order valence-electron chi connectivity index (χ0n) is 13.5. The number of halogens is 1. The molecule has 1 aliphatic heterocycles. The Balaban J connectivity index is 1.72. The second-order valence-electron chi connectivity index (χ2n) is 5.49. The topological polar surface area (TPSA) is 68.1 Å². The molecular formula is C17H19FN6. The van der Waals surface area contributed by atoms with E-state index in [4.69, 9.17) is 0 Å². The molecule has 0 radical (unpaired) electrons. The Labute approximate surface area is 140 Å². The van der Waals surface area contributed by atoms with E-state index in [-0.39, 0.29) is 5.56 Å². The minimum Gasteiger partial charge on any atom is -0.370 e. The molecule has 2 aromatic rings. The zero-order chi connectivity index (χ0) is 16.9. The molecule has 1 saturated heterocycles. The van der Waals surface area contributed by atoms with Crippen molar-refractivity contribution in [3.63, 3.8) is 0 Å². The maximum atomic E-state index is 13.8. The van der Waals surface area contributed by atoms with Gasteiger partial charge in [0.25, 0.3) is 0 Å². The lowest BCUT2D eigenvalue weighted by atomic mass is 10.1. The lowest BCUT2D eigenvalue weighted by Gasteiger charge is -2.36. The quantitative estimate of drug-likeness (QED) is 0.929. The van der Waals surface area contributed by atoms with Crippen LogP contribution in [0.5, 0.6) is 0 Å². The summed E-state index contributed by atoms with van der Waals surface area (Å²) in [4.78, 5) is 13.0. The van der Waals surface area contributed by atoms with E-state index in [0.29, 0.717) is 24.7 Å². The molecule has 7 heteroatoms. The molecule has 3 rings (SSSR count). The van der Waals surface area contributed by atoms with E-state index < -0.39 is 5.82 Å². The largest absolute Gasteiger partial charge is 0.370 e. The molecule has 0 amide bonds. The predicted octanol–water partition coefficient (Wildman–Crippen LogP) is 2.25. The van der Waals surface area contributed by atoms with Gasteiger partial charge < -0.3 is 15.1 Å². The third kappa shape index (κ3) is 3.23. The van der Waals surface area contributed by atoms with Crippen LogP contribution in [0.4, 0.5) is 21.8 Å². The van der Waals surface area contributed by atoms with Crippen molar-refractivity contribution < 1.29 is 4.39 Å². The highest BCUT2D eigenvalue weighted by atomic mass is 19.1. The fourth-order valence-electron chi connectivity index (χ4n) is 2.81. The molecule has 1 N–H and O–H groups in total. The van der Waals surface area contributed by atoms with Gasteiger partial charge in [-0.15, -0.1) is 0 Å². The molecule has 0 unspecified atom stereocenters. The van der Waals surface area contributed by atoms with Crippen LogP contribution >= 0.6 is 0 Å². The summed E-state index contributed by atoms with van der Waals surface area (Å²) in [6, 6.07) is 8.55. The van der Waals surface area contributed by atoms with E-state index in [9.17, 15) is 9.65 Å². The van der Waals surface area contributed by atoms with Crippen molar-refractivity contribution in [3.05, 3.63) is 41.8 Å². The number of rotatable bonds is 4. The van der Waals surface area contributed by atoms with Crippen molar-refractivity contribution in [2.45, 2.75) is 6.92 Å². The normalized spacial score (nSPS) is 14.4. The van der Waals surface area contributed by atoms with Crippen molar-refractivity contribution in [1.82, 2.24) is 9.97 Å². The standard InChI is InChI=1S/C17H19FN6/c1-2-20-16-6-7-21-17(22-16)24-10-8-23(9-11-24)15-5-3-4-14(18)13(15)12-19/h3-7H,2,8-11H2,1H3,(H,20,21,22). The lowest BCUT2D eigenvalue weighted by molar-refractivity contribution is 0.614. The van der Waals surface area contributed by atoms with Crippen molar-refractivity contribution in [2.24, 2.45) is 0 Å². The number of benzene rings is 1. The fourth-order valence-corrected chi connectivity index (χ4v) is 2.81. The molecule has 0 atom stereocenters. The van der Waals surface area contributed by atoms with Gasteiger partial charge in [-0.05, 0) is 25.1 Å². The average molecular weight is 326 g/mol. The number of hydrogen-bond donors (Lipinski definition) is 1. The summed E-state index contributed by atoms with van der Waals surface area (Å²) in [6.45, 7) is 5.64. The number of hydrogen-bond acceptors (Lipinski definition) is 6. The highest BCUT2D eigenvalue weighted by Gasteiger charge is 2.22. The second-order valence-corrected chi connectivity index (χ2v) is 5.49. The molecule has 1 fully saturated rings. The van der Waals surface area contributed by atoms with Gasteiger partial charge in [-0.25, -0.2) is 9.37 Å². The van der Waals surface area contributed by atoms with Crippen LogP contribution in [0.1, 0.15) is 12.5 Å². The van der Waals surface area contributed by atoms with Crippen LogP contribution in [0, 0.1) is 17.1 Å². The Morgan fingerprint density at radius 1 is 1.21 bits per heavy atom. The highest BCUT2D eigenvalue weighted by Crippen LogP contribution is 2.24. The Bertz CT molecular complexity index is 749. The molecule has 0 aliphatic carbocycles. The summed E-state index contributed by atoms with van der Waals surface area (Å²) in [5, 5.41) is 12.4. The van der Waals surface area contributed by atoms with Crippen molar-refractivity contribution in [3.8, 4) is 6.07 Å². The third-order valence-electron chi connectivity index (χ3n) is 4.01. The maximum Gasteiger partial charge on any atom is 0.227 e. The summed E-state index contributed by atoms with van der Waals surface area (Å²) in [5.74, 6) is 1.02. The predicted molar refractivity (Wildman–Crippen MR) is 91.7 cm³/mol. The summed E-state index contributed by atoms with van der Waals surface area (Å²) >= 11 is 0. The summed E-state index contributed by atoms with van der Waals surface area (Å²) in [7, 11) is 0. The molecule has 1 aromatic carbocycles. The number of piperazine rings is 1. The Hall–Kier alpha value is -2.88. The molecule has 1 aliphatic rings. The molecule has 2 heterocycles. The molecule has 0 bridgehead atoms. The third-order valence-corrected chi connectivity index (χ3v) is 4.01. The Morgan fingerprint density at radius 2 is 1.96 bits per heavy atom. The van der Waals surface area contributed by atoms with Crippen LogP contribution in [-0.4, -0.2) is 42.7 Å². The van der Waals surface area contributed by atoms with Gasteiger partial charge >= 0.3 is 0 Å². The maximum absolute atomic E-state index is 13.8. The number of nitrogens with zero attached hydrogens (tertiary/aromatic N) is 5. The molecule has 0 spiro atoms. The van der Waals surface area contributed by atoms with Gasteiger partial charge in [0.05, 0.1) is 5.69 Å². The summed E-state index contributed by atoms with van der Waals surface area (Å²) in [6.07, 6.45) is 1.74. The zero-order valence-corrected chi connectivity index (χ0v) is 13.5. The van der Waals surface area contributed by atoms with Crippen molar-refractivity contribution in [2.75, 3.05) is 47.8 Å². The monoisotopic (exact) mass is 326 g/mol. The average Bonchev–Trinajstić information content (AvgIpc) is 2.62. The Kier molecular flexibility index (Phi) is 4.75. The molecule has 6 nitrogen and oxygen atoms in total. The van der Waals surface area contributed by atoms with Gasteiger partial charge in [0, 0.05) is 38.9 Å². The molecule has 124 valence electrons.